The quantitative estimate of drug-likeness (QED) is 0.831. The molecule has 3 rings (SSSR count). The molecule has 4 nitrogen and oxygen atoms in total. The topological polar surface area (TPSA) is 38.8 Å². The summed E-state index contributed by atoms with van der Waals surface area (Å²) in [4.78, 5) is 14.9. The Morgan fingerprint density at radius 3 is 2.36 bits per heavy atom. The molecule has 2 aromatic rings. The molecule has 1 heterocycles. The van der Waals surface area contributed by atoms with Crippen molar-refractivity contribution >= 4 is 5.91 Å². The van der Waals surface area contributed by atoms with E-state index in [9.17, 15) is 9.18 Å². The SMILES string of the molecule is COc1cc(OC)cc(C(=O)N2CCCC2Cc2ccc(F)cc2)c1. The summed E-state index contributed by atoms with van der Waals surface area (Å²) >= 11 is 0. The number of hydrogen-bond donors (Lipinski definition) is 0. The van der Waals surface area contributed by atoms with Gasteiger partial charge in [-0.05, 0) is 49.1 Å². The molecule has 0 N–H and O–H groups in total. The molecule has 0 aromatic heterocycles. The van der Waals surface area contributed by atoms with Crippen LogP contribution in [0.2, 0.25) is 0 Å². The molecule has 0 bridgehead atoms. The molecule has 0 spiro atoms. The van der Waals surface area contributed by atoms with Crippen LogP contribution in [0, 0.1) is 5.82 Å². The maximum atomic E-state index is 13.1. The van der Waals surface area contributed by atoms with Gasteiger partial charge in [0.2, 0.25) is 0 Å². The number of carbonyl (C=O) groups excluding carboxylic acids is 1. The molecule has 0 aliphatic carbocycles. The molecule has 5 heteroatoms. The molecular formula is C20H22FNO3. The Kier molecular flexibility index (Phi) is 5.22. The standard InChI is InChI=1S/C20H22FNO3/c1-24-18-11-15(12-19(13-18)25-2)20(23)22-9-3-4-17(22)10-14-5-7-16(21)8-6-14/h5-8,11-13,17H,3-4,9-10H2,1-2H3. The highest BCUT2D eigenvalue weighted by molar-refractivity contribution is 5.95. The van der Waals surface area contributed by atoms with E-state index in [4.69, 9.17) is 9.47 Å². The predicted molar refractivity (Wildman–Crippen MR) is 93.7 cm³/mol. The first-order valence-corrected chi connectivity index (χ1v) is 8.39. The minimum atomic E-state index is -0.244. The fourth-order valence-electron chi connectivity index (χ4n) is 3.30. The van der Waals surface area contributed by atoms with Crippen LogP contribution in [0.4, 0.5) is 4.39 Å². The lowest BCUT2D eigenvalue weighted by atomic mass is 10.0. The Bertz CT molecular complexity index is 723. The second-order valence-electron chi connectivity index (χ2n) is 6.23. The molecule has 1 fully saturated rings. The van der Waals surface area contributed by atoms with Gasteiger partial charge in [-0.3, -0.25) is 4.79 Å². The lowest BCUT2D eigenvalue weighted by Crippen LogP contribution is -2.36. The molecule has 25 heavy (non-hydrogen) atoms. The third-order valence-electron chi connectivity index (χ3n) is 4.62. The Morgan fingerprint density at radius 2 is 1.76 bits per heavy atom. The van der Waals surface area contributed by atoms with Gasteiger partial charge in [-0.25, -0.2) is 4.39 Å². The van der Waals surface area contributed by atoms with Gasteiger partial charge in [0.25, 0.3) is 5.91 Å². The molecule has 1 unspecified atom stereocenters. The smallest absolute Gasteiger partial charge is 0.254 e. The van der Waals surface area contributed by atoms with Crippen molar-refractivity contribution in [3.8, 4) is 11.5 Å². The monoisotopic (exact) mass is 343 g/mol. The van der Waals surface area contributed by atoms with Crippen LogP contribution in [-0.4, -0.2) is 37.6 Å². The van der Waals surface area contributed by atoms with Gasteiger partial charge in [0.1, 0.15) is 17.3 Å². The van der Waals surface area contributed by atoms with Gasteiger partial charge < -0.3 is 14.4 Å². The highest BCUT2D eigenvalue weighted by atomic mass is 19.1. The molecule has 1 saturated heterocycles. The molecule has 1 atom stereocenters. The normalized spacial score (nSPS) is 16.8. The van der Waals surface area contributed by atoms with E-state index >= 15 is 0 Å². The Balaban J connectivity index is 1.79. The van der Waals surface area contributed by atoms with Crippen LogP contribution >= 0.6 is 0 Å². The molecule has 0 radical (unpaired) electrons. The van der Waals surface area contributed by atoms with Gasteiger partial charge in [0, 0.05) is 24.2 Å². The summed E-state index contributed by atoms with van der Waals surface area (Å²) in [7, 11) is 3.13. The van der Waals surface area contributed by atoms with Crippen molar-refractivity contribution in [3.63, 3.8) is 0 Å². The lowest BCUT2D eigenvalue weighted by molar-refractivity contribution is 0.0735. The molecule has 2 aromatic carbocycles. The van der Waals surface area contributed by atoms with Crippen molar-refractivity contribution in [2.45, 2.75) is 25.3 Å². The summed E-state index contributed by atoms with van der Waals surface area (Å²) in [5.74, 6) is 0.919. The van der Waals surface area contributed by atoms with Gasteiger partial charge in [0.15, 0.2) is 0 Å². The van der Waals surface area contributed by atoms with Gasteiger partial charge >= 0.3 is 0 Å². The molecule has 1 amide bonds. The van der Waals surface area contributed by atoms with Crippen LogP contribution in [0.15, 0.2) is 42.5 Å². The summed E-state index contributed by atoms with van der Waals surface area (Å²) in [6, 6.07) is 11.8. The van der Waals surface area contributed by atoms with Crippen LogP contribution in [0.25, 0.3) is 0 Å². The maximum absolute atomic E-state index is 13.1. The average Bonchev–Trinajstić information content (AvgIpc) is 3.10. The van der Waals surface area contributed by atoms with E-state index in [1.54, 1.807) is 44.6 Å². The number of amides is 1. The number of methoxy groups -OCH3 is 2. The number of hydrogen-bond acceptors (Lipinski definition) is 3. The summed E-state index contributed by atoms with van der Waals surface area (Å²) in [6.45, 7) is 0.726. The number of rotatable bonds is 5. The van der Waals surface area contributed by atoms with Crippen molar-refractivity contribution in [2.24, 2.45) is 0 Å². The predicted octanol–water partition coefficient (Wildman–Crippen LogP) is 3.69. The summed E-state index contributed by atoms with van der Waals surface area (Å²) in [6.07, 6.45) is 2.65. The first kappa shape index (κ1) is 17.3. The van der Waals surface area contributed by atoms with Crippen LogP contribution in [-0.2, 0) is 6.42 Å². The highest BCUT2D eigenvalue weighted by Crippen LogP contribution is 2.27. The molecular weight excluding hydrogens is 321 g/mol. The largest absolute Gasteiger partial charge is 0.497 e. The molecule has 1 aliphatic heterocycles. The number of benzene rings is 2. The molecule has 1 aliphatic rings. The highest BCUT2D eigenvalue weighted by Gasteiger charge is 2.30. The van der Waals surface area contributed by atoms with E-state index in [-0.39, 0.29) is 17.8 Å². The van der Waals surface area contributed by atoms with Crippen LogP contribution in [0.1, 0.15) is 28.8 Å². The molecule has 132 valence electrons. The zero-order chi connectivity index (χ0) is 17.8. The Labute approximate surface area is 147 Å². The van der Waals surface area contributed by atoms with Crippen molar-refractivity contribution < 1.29 is 18.7 Å². The lowest BCUT2D eigenvalue weighted by Gasteiger charge is -2.25. The average molecular weight is 343 g/mol. The van der Waals surface area contributed by atoms with Gasteiger partial charge in [-0.2, -0.15) is 0 Å². The van der Waals surface area contributed by atoms with Gasteiger partial charge in [0.05, 0.1) is 14.2 Å². The van der Waals surface area contributed by atoms with E-state index in [1.807, 2.05) is 4.90 Å². The van der Waals surface area contributed by atoms with E-state index in [1.165, 1.54) is 12.1 Å². The number of nitrogens with zero attached hydrogens (tertiary/aromatic N) is 1. The number of halogens is 1. The minimum Gasteiger partial charge on any atom is -0.497 e. The fourth-order valence-corrected chi connectivity index (χ4v) is 3.30. The van der Waals surface area contributed by atoms with Crippen LogP contribution in [0.3, 0.4) is 0 Å². The second kappa shape index (κ2) is 7.55. The van der Waals surface area contributed by atoms with E-state index in [0.29, 0.717) is 17.1 Å². The van der Waals surface area contributed by atoms with E-state index in [0.717, 1.165) is 31.4 Å². The fraction of sp³-hybridized carbons (Fsp3) is 0.350. The molecule has 0 saturated carbocycles. The van der Waals surface area contributed by atoms with E-state index in [2.05, 4.69) is 0 Å². The minimum absolute atomic E-state index is 0.0261. The third kappa shape index (κ3) is 3.92. The Morgan fingerprint density at radius 1 is 1.12 bits per heavy atom. The van der Waals surface area contributed by atoms with Crippen molar-refractivity contribution in [2.75, 3.05) is 20.8 Å². The van der Waals surface area contributed by atoms with Gasteiger partial charge in [-0.15, -0.1) is 0 Å². The first-order valence-electron chi connectivity index (χ1n) is 8.39. The number of likely N-dealkylation sites (tertiary alicyclic amines) is 1. The maximum Gasteiger partial charge on any atom is 0.254 e. The van der Waals surface area contributed by atoms with E-state index < -0.39 is 0 Å². The van der Waals surface area contributed by atoms with Crippen molar-refractivity contribution in [1.82, 2.24) is 4.90 Å². The van der Waals surface area contributed by atoms with Crippen LogP contribution in [0.5, 0.6) is 11.5 Å². The van der Waals surface area contributed by atoms with Crippen molar-refractivity contribution in [1.29, 1.82) is 0 Å². The third-order valence-corrected chi connectivity index (χ3v) is 4.62. The van der Waals surface area contributed by atoms with Crippen LogP contribution < -0.4 is 9.47 Å². The van der Waals surface area contributed by atoms with Gasteiger partial charge in [-0.1, -0.05) is 12.1 Å². The summed E-state index contributed by atoms with van der Waals surface area (Å²) in [5.41, 5.74) is 1.59. The first-order chi connectivity index (χ1) is 12.1. The second-order valence-corrected chi connectivity index (χ2v) is 6.23. The Hall–Kier alpha value is -2.56. The summed E-state index contributed by atoms with van der Waals surface area (Å²) < 4.78 is 23.6. The zero-order valence-corrected chi connectivity index (χ0v) is 14.5. The number of carbonyl (C=O) groups is 1. The number of ether oxygens (including phenoxy) is 2. The summed E-state index contributed by atoms with van der Waals surface area (Å²) in [5, 5.41) is 0. The zero-order valence-electron chi connectivity index (χ0n) is 14.5. The van der Waals surface area contributed by atoms with Crippen molar-refractivity contribution in [3.05, 3.63) is 59.4 Å².